The first kappa shape index (κ1) is 16.2. The molecule has 1 amide bonds. The average molecular weight is 277 g/mol. The van der Waals surface area contributed by atoms with Gasteiger partial charge in [0.15, 0.2) is 12.4 Å². The molecule has 0 aromatic heterocycles. The highest BCUT2D eigenvalue weighted by Gasteiger charge is 2.18. The van der Waals surface area contributed by atoms with Crippen LogP contribution in [0.15, 0.2) is 18.2 Å². The number of hydrogen-bond acceptors (Lipinski definition) is 3. The predicted octanol–water partition coefficient (Wildman–Crippen LogP) is 2.88. The summed E-state index contributed by atoms with van der Waals surface area (Å²) in [4.78, 5) is 23.0. The van der Waals surface area contributed by atoms with Crippen LogP contribution in [0.5, 0.6) is 5.75 Å². The van der Waals surface area contributed by atoms with E-state index in [-0.39, 0.29) is 11.9 Å². The fourth-order valence-electron chi connectivity index (χ4n) is 1.92. The smallest absolute Gasteiger partial charge is 0.260 e. The molecule has 0 aliphatic rings. The van der Waals surface area contributed by atoms with Crippen molar-refractivity contribution in [2.45, 2.75) is 52.7 Å². The predicted molar refractivity (Wildman–Crippen MR) is 79.2 cm³/mol. The van der Waals surface area contributed by atoms with Gasteiger partial charge in [0, 0.05) is 6.04 Å². The average Bonchev–Trinajstić information content (AvgIpc) is 2.45. The van der Waals surface area contributed by atoms with Crippen molar-refractivity contribution in [1.82, 2.24) is 5.32 Å². The molecule has 1 N–H and O–H groups in total. The lowest BCUT2D eigenvalue weighted by molar-refractivity contribution is -0.128. The third-order valence-electron chi connectivity index (χ3n) is 3.30. The van der Waals surface area contributed by atoms with E-state index in [0.717, 1.165) is 24.7 Å². The number of carbonyl (C=O) groups is 2. The Labute approximate surface area is 120 Å². The molecule has 20 heavy (non-hydrogen) atoms. The lowest BCUT2D eigenvalue weighted by Gasteiger charge is -2.20. The molecule has 1 aromatic carbocycles. The van der Waals surface area contributed by atoms with Crippen molar-refractivity contribution in [3.05, 3.63) is 29.3 Å². The van der Waals surface area contributed by atoms with Gasteiger partial charge in [-0.25, -0.2) is 0 Å². The second kappa shape index (κ2) is 7.68. The molecule has 110 valence electrons. The van der Waals surface area contributed by atoms with Crippen LogP contribution >= 0.6 is 0 Å². The van der Waals surface area contributed by atoms with Gasteiger partial charge in [-0.1, -0.05) is 25.5 Å². The number of nitrogens with one attached hydrogen (secondary N) is 1. The van der Waals surface area contributed by atoms with Gasteiger partial charge in [-0.3, -0.25) is 9.59 Å². The van der Waals surface area contributed by atoms with Crippen LogP contribution in [0, 0.1) is 6.92 Å². The molecule has 0 fully saturated rings. The Bertz CT molecular complexity index is 467. The molecule has 0 heterocycles. The first-order chi connectivity index (χ1) is 9.51. The minimum absolute atomic E-state index is 0.156. The molecule has 0 saturated carbocycles. The summed E-state index contributed by atoms with van der Waals surface area (Å²) in [5.41, 5.74) is 1.45. The normalized spacial score (nSPS) is 12.1. The Kier molecular flexibility index (Phi) is 6.22. The number of amides is 1. The minimum Gasteiger partial charge on any atom is -0.480 e. The van der Waals surface area contributed by atoms with Crippen LogP contribution in [0.1, 0.15) is 49.5 Å². The number of benzene rings is 1. The first-order valence-corrected chi connectivity index (χ1v) is 7.04. The fraction of sp³-hybridized carbons (Fsp3) is 0.500. The molecular weight excluding hydrogens is 254 g/mol. The Morgan fingerprint density at radius 2 is 2.00 bits per heavy atom. The zero-order valence-corrected chi connectivity index (χ0v) is 12.6. The summed E-state index contributed by atoms with van der Waals surface area (Å²) < 4.78 is 5.60. The van der Waals surface area contributed by atoms with Crippen LogP contribution in [-0.2, 0) is 4.79 Å². The molecule has 0 spiro atoms. The summed E-state index contributed by atoms with van der Waals surface area (Å²) in [5, 5.41) is 2.93. The SMILES string of the molecule is CCC(CC)NC(=O)C(C)Oc1ccc(C)cc1C=O. The summed E-state index contributed by atoms with van der Waals surface area (Å²) in [6, 6.07) is 5.49. The van der Waals surface area contributed by atoms with Crippen molar-refractivity contribution in [3.63, 3.8) is 0 Å². The highest BCUT2D eigenvalue weighted by molar-refractivity contribution is 5.82. The van der Waals surface area contributed by atoms with Crippen molar-refractivity contribution < 1.29 is 14.3 Å². The Morgan fingerprint density at radius 1 is 1.35 bits per heavy atom. The van der Waals surface area contributed by atoms with Gasteiger partial charge in [-0.05, 0) is 38.8 Å². The van der Waals surface area contributed by atoms with Gasteiger partial charge in [0.05, 0.1) is 5.56 Å². The fourth-order valence-corrected chi connectivity index (χ4v) is 1.92. The summed E-state index contributed by atoms with van der Waals surface area (Å²) in [5.74, 6) is 0.286. The van der Waals surface area contributed by atoms with E-state index in [1.807, 2.05) is 26.8 Å². The molecule has 0 aliphatic heterocycles. The molecule has 4 nitrogen and oxygen atoms in total. The van der Waals surface area contributed by atoms with E-state index in [9.17, 15) is 9.59 Å². The van der Waals surface area contributed by atoms with Crippen molar-refractivity contribution in [3.8, 4) is 5.75 Å². The van der Waals surface area contributed by atoms with Crippen LogP contribution < -0.4 is 10.1 Å². The molecule has 1 rings (SSSR count). The quantitative estimate of drug-likeness (QED) is 0.780. The molecule has 1 unspecified atom stereocenters. The zero-order valence-electron chi connectivity index (χ0n) is 12.6. The highest BCUT2D eigenvalue weighted by atomic mass is 16.5. The number of ether oxygens (including phenoxy) is 1. The number of aryl methyl sites for hydroxylation is 1. The third-order valence-corrected chi connectivity index (χ3v) is 3.30. The van der Waals surface area contributed by atoms with Gasteiger partial charge in [0.1, 0.15) is 5.75 Å². The van der Waals surface area contributed by atoms with E-state index in [0.29, 0.717) is 11.3 Å². The summed E-state index contributed by atoms with van der Waals surface area (Å²) in [6.45, 7) is 7.65. The maximum atomic E-state index is 12.0. The second-order valence-corrected chi connectivity index (χ2v) is 4.94. The largest absolute Gasteiger partial charge is 0.480 e. The van der Waals surface area contributed by atoms with Crippen molar-refractivity contribution >= 4 is 12.2 Å². The number of rotatable bonds is 7. The Balaban J connectivity index is 2.72. The van der Waals surface area contributed by atoms with Crippen LogP contribution in [0.2, 0.25) is 0 Å². The van der Waals surface area contributed by atoms with Gasteiger partial charge in [0.2, 0.25) is 0 Å². The van der Waals surface area contributed by atoms with Gasteiger partial charge in [-0.2, -0.15) is 0 Å². The number of aldehydes is 1. The minimum atomic E-state index is -0.628. The van der Waals surface area contributed by atoms with E-state index >= 15 is 0 Å². The molecule has 4 heteroatoms. The van der Waals surface area contributed by atoms with E-state index in [1.54, 1.807) is 19.1 Å². The molecule has 0 bridgehead atoms. The van der Waals surface area contributed by atoms with Crippen LogP contribution in [0.4, 0.5) is 0 Å². The van der Waals surface area contributed by atoms with Crippen molar-refractivity contribution in [2.24, 2.45) is 0 Å². The van der Waals surface area contributed by atoms with Crippen LogP contribution in [-0.4, -0.2) is 24.3 Å². The number of carbonyl (C=O) groups excluding carboxylic acids is 2. The maximum Gasteiger partial charge on any atom is 0.260 e. The van der Waals surface area contributed by atoms with E-state index in [1.165, 1.54) is 0 Å². The molecule has 0 aliphatic carbocycles. The maximum absolute atomic E-state index is 12.0. The summed E-state index contributed by atoms with van der Waals surface area (Å²) in [7, 11) is 0. The highest BCUT2D eigenvalue weighted by Crippen LogP contribution is 2.19. The Hall–Kier alpha value is -1.84. The molecule has 1 atom stereocenters. The van der Waals surface area contributed by atoms with Gasteiger partial charge in [-0.15, -0.1) is 0 Å². The number of hydrogen-bond donors (Lipinski definition) is 1. The second-order valence-electron chi connectivity index (χ2n) is 4.94. The monoisotopic (exact) mass is 277 g/mol. The molecule has 1 aromatic rings. The lowest BCUT2D eigenvalue weighted by Crippen LogP contribution is -2.42. The summed E-state index contributed by atoms with van der Waals surface area (Å²) in [6.07, 6.45) is 1.89. The van der Waals surface area contributed by atoms with Crippen LogP contribution in [0.25, 0.3) is 0 Å². The third kappa shape index (κ3) is 4.37. The van der Waals surface area contributed by atoms with Gasteiger partial charge < -0.3 is 10.1 Å². The summed E-state index contributed by atoms with van der Waals surface area (Å²) >= 11 is 0. The topological polar surface area (TPSA) is 55.4 Å². The van der Waals surface area contributed by atoms with Crippen molar-refractivity contribution in [2.75, 3.05) is 0 Å². The van der Waals surface area contributed by atoms with E-state index in [2.05, 4.69) is 5.32 Å². The molecule has 0 radical (unpaired) electrons. The van der Waals surface area contributed by atoms with E-state index in [4.69, 9.17) is 4.74 Å². The van der Waals surface area contributed by atoms with E-state index < -0.39 is 6.10 Å². The standard InChI is InChI=1S/C16H23NO3/c1-5-14(6-2)17-16(19)12(4)20-15-8-7-11(3)9-13(15)10-18/h7-10,12,14H,5-6H2,1-4H3,(H,17,19). The van der Waals surface area contributed by atoms with Gasteiger partial charge >= 0.3 is 0 Å². The Morgan fingerprint density at radius 3 is 2.55 bits per heavy atom. The van der Waals surface area contributed by atoms with Crippen molar-refractivity contribution in [1.29, 1.82) is 0 Å². The lowest BCUT2D eigenvalue weighted by atomic mass is 10.1. The van der Waals surface area contributed by atoms with Gasteiger partial charge in [0.25, 0.3) is 5.91 Å². The molecule has 0 saturated heterocycles. The van der Waals surface area contributed by atoms with Crippen LogP contribution in [0.3, 0.4) is 0 Å². The molecular formula is C16H23NO3. The first-order valence-electron chi connectivity index (χ1n) is 7.04. The zero-order chi connectivity index (χ0) is 15.1.